The molecule has 0 N–H and O–H groups in total. The van der Waals surface area contributed by atoms with Gasteiger partial charge in [0.2, 0.25) is 5.91 Å². The van der Waals surface area contributed by atoms with Crippen LogP contribution in [0.2, 0.25) is 0 Å². The Morgan fingerprint density at radius 3 is 2.25 bits per heavy atom. The molecule has 2 nitrogen and oxygen atoms in total. The highest BCUT2D eigenvalue weighted by atomic mass is 16.2. The van der Waals surface area contributed by atoms with Crippen molar-refractivity contribution in [1.29, 1.82) is 0 Å². The molecule has 0 saturated carbocycles. The number of amides is 1. The fraction of sp³-hybridized carbons (Fsp3) is 0.643. The predicted octanol–water partition coefficient (Wildman–Crippen LogP) is 3.40. The Morgan fingerprint density at radius 1 is 1.19 bits per heavy atom. The van der Waals surface area contributed by atoms with E-state index >= 15 is 0 Å². The topological polar surface area (TPSA) is 20.3 Å². The maximum Gasteiger partial charge on any atom is 0.246 e. The normalized spacial score (nSPS) is 11.8. The van der Waals surface area contributed by atoms with E-state index in [2.05, 4.69) is 13.8 Å². The first-order chi connectivity index (χ1) is 7.69. The number of nitrogens with zero attached hydrogens (tertiary/aromatic N) is 1. The van der Waals surface area contributed by atoms with Gasteiger partial charge in [-0.25, -0.2) is 0 Å². The van der Waals surface area contributed by atoms with Crippen LogP contribution in [0.15, 0.2) is 24.3 Å². The van der Waals surface area contributed by atoms with Gasteiger partial charge in [0.25, 0.3) is 0 Å². The number of hydrogen-bond donors (Lipinski definition) is 0. The number of likely N-dealkylation sites (N-methyl/N-ethyl adjacent to an activating group) is 1. The molecule has 2 heteroatoms. The zero-order valence-electron chi connectivity index (χ0n) is 11.1. The second-order valence-corrected chi connectivity index (χ2v) is 3.94. The summed E-state index contributed by atoms with van der Waals surface area (Å²) in [6.07, 6.45) is 9.52. The van der Waals surface area contributed by atoms with Gasteiger partial charge in [-0.2, -0.15) is 0 Å². The summed E-state index contributed by atoms with van der Waals surface area (Å²) in [5.41, 5.74) is 0. The molecule has 0 radical (unpaired) electrons. The van der Waals surface area contributed by atoms with Crippen LogP contribution in [0.3, 0.4) is 0 Å². The van der Waals surface area contributed by atoms with E-state index in [1.165, 1.54) is 0 Å². The van der Waals surface area contributed by atoms with Gasteiger partial charge in [-0.15, -0.1) is 0 Å². The number of rotatable bonds is 7. The molecule has 0 atom stereocenters. The summed E-state index contributed by atoms with van der Waals surface area (Å²) in [7, 11) is 0. The Morgan fingerprint density at radius 2 is 1.81 bits per heavy atom. The lowest BCUT2D eigenvalue weighted by Gasteiger charge is -2.24. The molecular weight excluding hydrogens is 198 g/mol. The number of allylic oxidation sites excluding steroid dienone is 3. The third-order valence-corrected chi connectivity index (χ3v) is 2.87. The standard InChI is InChI=1S/C14H25NO/c1-5-9-10-11-14(16)15(8-4)12-13(6-2)7-3/h5,9-11,13H,6-8,12H2,1-4H3/b9-5+,11-10+. The van der Waals surface area contributed by atoms with Crippen LogP contribution >= 0.6 is 0 Å². The number of carbonyl (C=O) groups excluding carboxylic acids is 1. The van der Waals surface area contributed by atoms with E-state index in [4.69, 9.17) is 0 Å². The zero-order valence-corrected chi connectivity index (χ0v) is 11.1. The molecule has 0 fully saturated rings. The molecule has 0 saturated heterocycles. The van der Waals surface area contributed by atoms with Crippen molar-refractivity contribution >= 4 is 5.91 Å². The molecule has 0 aromatic carbocycles. The van der Waals surface area contributed by atoms with Crippen molar-refractivity contribution in [3.63, 3.8) is 0 Å². The highest BCUT2D eigenvalue weighted by Crippen LogP contribution is 2.10. The van der Waals surface area contributed by atoms with Gasteiger partial charge in [0.05, 0.1) is 0 Å². The fourth-order valence-electron chi connectivity index (χ4n) is 1.59. The van der Waals surface area contributed by atoms with E-state index < -0.39 is 0 Å². The van der Waals surface area contributed by atoms with Crippen LogP contribution < -0.4 is 0 Å². The maximum atomic E-state index is 11.8. The molecule has 0 aliphatic carbocycles. The minimum absolute atomic E-state index is 0.118. The molecule has 0 unspecified atom stereocenters. The van der Waals surface area contributed by atoms with Crippen molar-refractivity contribution in [3.8, 4) is 0 Å². The van der Waals surface area contributed by atoms with E-state index in [9.17, 15) is 4.79 Å². The lowest BCUT2D eigenvalue weighted by Crippen LogP contribution is -2.33. The van der Waals surface area contributed by atoms with Crippen molar-refractivity contribution < 1.29 is 4.79 Å². The molecule has 0 rings (SSSR count). The zero-order chi connectivity index (χ0) is 12.4. The van der Waals surface area contributed by atoms with Crippen LogP contribution in [0.4, 0.5) is 0 Å². The van der Waals surface area contributed by atoms with Gasteiger partial charge in [0.1, 0.15) is 0 Å². The van der Waals surface area contributed by atoms with Crippen molar-refractivity contribution in [1.82, 2.24) is 4.90 Å². The average Bonchev–Trinajstić information content (AvgIpc) is 2.31. The summed E-state index contributed by atoms with van der Waals surface area (Å²) < 4.78 is 0. The molecule has 0 aliphatic heterocycles. The van der Waals surface area contributed by atoms with E-state index in [0.717, 1.165) is 25.9 Å². The minimum Gasteiger partial charge on any atom is -0.339 e. The van der Waals surface area contributed by atoms with Crippen LogP contribution in [-0.4, -0.2) is 23.9 Å². The van der Waals surface area contributed by atoms with E-state index in [-0.39, 0.29) is 5.91 Å². The molecule has 0 aromatic heterocycles. The smallest absolute Gasteiger partial charge is 0.246 e. The van der Waals surface area contributed by atoms with Crippen molar-refractivity contribution in [2.24, 2.45) is 5.92 Å². The van der Waals surface area contributed by atoms with E-state index in [1.807, 2.05) is 30.9 Å². The van der Waals surface area contributed by atoms with Crippen LogP contribution in [0.1, 0.15) is 40.5 Å². The first-order valence-corrected chi connectivity index (χ1v) is 6.27. The van der Waals surface area contributed by atoms with Gasteiger partial charge < -0.3 is 4.90 Å². The second kappa shape index (κ2) is 9.20. The largest absolute Gasteiger partial charge is 0.339 e. The monoisotopic (exact) mass is 223 g/mol. The second-order valence-electron chi connectivity index (χ2n) is 3.94. The highest BCUT2D eigenvalue weighted by Gasteiger charge is 2.12. The number of hydrogen-bond acceptors (Lipinski definition) is 1. The van der Waals surface area contributed by atoms with Crippen molar-refractivity contribution in [2.75, 3.05) is 13.1 Å². The quantitative estimate of drug-likeness (QED) is 0.478. The van der Waals surface area contributed by atoms with Crippen molar-refractivity contribution in [3.05, 3.63) is 24.3 Å². The van der Waals surface area contributed by atoms with Crippen LogP contribution in [0, 0.1) is 5.92 Å². The highest BCUT2D eigenvalue weighted by molar-refractivity contribution is 5.87. The summed E-state index contributed by atoms with van der Waals surface area (Å²) in [5.74, 6) is 0.742. The van der Waals surface area contributed by atoms with Gasteiger partial charge in [-0.1, -0.05) is 44.9 Å². The lowest BCUT2D eigenvalue weighted by atomic mass is 10.0. The first-order valence-electron chi connectivity index (χ1n) is 6.27. The summed E-state index contributed by atoms with van der Waals surface area (Å²) in [6.45, 7) is 10.0. The summed E-state index contributed by atoms with van der Waals surface area (Å²) >= 11 is 0. The van der Waals surface area contributed by atoms with Crippen molar-refractivity contribution in [2.45, 2.75) is 40.5 Å². The maximum absolute atomic E-state index is 11.8. The Kier molecular flexibility index (Phi) is 8.59. The molecule has 0 aromatic rings. The van der Waals surface area contributed by atoms with E-state index in [0.29, 0.717) is 5.92 Å². The van der Waals surface area contributed by atoms with Gasteiger partial charge in [0.15, 0.2) is 0 Å². The first kappa shape index (κ1) is 14.9. The minimum atomic E-state index is 0.118. The Balaban J connectivity index is 4.31. The van der Waals surface area contributed by atoms with Gasteiger partial charge in [0, 0.05) is 19.2 Å². The third-order valence-electron chi connectivity index (χ3n) is 2.87. The van der Waals surface area contributed by atoms with Gasteiger partial charge in [-0.05, 0) is 19.8 Å². The average molecular weight is 223 g/mol. The Bertz CT molecular complexity index is 239. The van der Waals surface area contributed by atoms with E-state index in [1.54, 1.807) is 12.2 Å². The predicted molar refractivity (Wildman–Crippen MR) is 70.3 cm³/mol. The van der Waals surface area contributed by atoms with Crippen LogP contribution in [0.5, 0.6) is 0 Å². The molecule has 1 amide bonds. The van der Waals surface area contributed by atoms with Crippen LogP contribution in [0.25, 0.3) is 0 Å². The molecule has 92 valence electrons. The molecule has 0 bridgehead atoms. The van der Waals surface area contributed by atoms with Crippen LogP contribution in [-0.2, 0) is 4.79 Å². The molecule has 0 spiro atoms. The molecule has 0 heterocycles. The third kappa shape index (κ3) is 5.74. The molecule has 0 aliphatic rings. The Hall–Kier alpha value is -1.05. The summed E-state index contributed by atoms with van der Waals surface area (Å²) in [4.78, 5) is 13.7. The summed E-state index contributed by atoms with van der Waals surface area (Å²) in [6, 6.07) is 0. The van der Waals surface area contributed by atoms with Gasteiger partial charge >= 0.3 is 0 Å². The van der Waals surface area contributed by atoms with Gasteiger partial charge in [-0.3, -0.25) is 4.79 Å². The number of carbonyl (C=O) groups is 1. The molecular formula is C14H25NO. The summed E-state index contributed by atoms with van der Waals surface area (Å²) in [5, 5.41) is 0. The molecule has 16 heavy (non-hydrogen) atoms. The SMILES string of the molecule is C/C=C/C=C/C(=O)N(CC)CC(CC)CC. The Labute approximate surface area is 100 Å². The lowest BCUT2D eigenvalue weighted by molar-refractivity contribution is -0.126. The fourth-order valence-corrected chi connectivity index (χ4v) is 1.59.